The molecule has 76 valence electrons. The van der Waals surface area contributed by atoms with Gasteiger partial charge in [0, 0.05) is 18.6 Å². The summed E-state index contributed by atoms with van der Waals surface area (Å²) in [6, 6.07) is 0.561. The molecule has 1 fully saturated rings. The largest absolute Gasteiger partial charge is 0.465 e. The fourth-order valence-electron chi connectivity index (χ4n) is 1.64. The summed E-state index contributed by atoms with van der Waals surface area (Å²) in [5.41, 5.74) is 0. The van der Waals surface area contributed by atoms with Crippen LogP contribution in [0.5, 0.6) is 0 Å². The lowest BCUT2D eigenvalue weighted by Gasteiger charge is -2.16. The number of amides is 1. The normalized spacial score (nSPS) is 35.1. The van der Waals surface area contributed by atoms with Crippen LogP contribution in [-0.4, -0.2) is 29.8 Å². The second-order valence-corrected chi connectivity index (χ2v) is 3.90. The SMILES string of the molecule is CC1CC[C@H](NC(=O)O)CN[C@H]1C. The average molecular weight is 186 g/mol. The lowest BCUT2D eigenvalue weighted by atomic mass is 9.98. The van der Waals surface area contributed by atoms with E-state index in [4.69, 9.17) is 5.11 Å². The van der Waals surface area contributed by atoms with Crippen LogP contribution in [-0.2, 0) is 0 Å². The highest BCUT2D eigenvalue weighted by Gasteiger charge is 2.21. The third kappa shape index (κ3) is 3.22. The second kappa shape index (κ2) is 4.46. The van der Waals surface area contributed by atoms with Gasteiger partial charge in [0.1, 0.15) is 0 Å². The van der Waals surface area contributed by atoms with Crippen molar-refractivity contribution in [2.24, 2.45) is 5.92 Å². The van der Waals surface area contributed by atoms with Crippen molar-refractivity contribution in [2.75, 3.05) is 6.54 Å². The first-order valence-electron chi connectivity index (χ1n) is 4.82. The Morgan fingerprint density at radius 1 is 1.46 bits per heavy atom. The molecule has 0 spiro atoms. The lowest BCUT2D eigenvalue weighted by molar-refractivity contribution is 0.189. The van der Waals surface area contributed by atoms with Crippen molar-refractivity contribution in [3.05, 3.63) is 0 Å². The number of hydrogen-bond acceptors (Lipinski definition) is 2. The van der Waals surface area contributed by atoms with E-state index < -0.39 is 6.09 Å². The maximum Gasteiger partial charge on any atom is 0.404 e. The maximum absolute atomic E-state index is 10.4. The molecule has 0 aromatic heterocycles. The van der Waals surface area contributed by atoms with E-state index in [9.17, 15) is 4.79 Å². The molecule has 1 aliphatic rings. The zero-order valence-corrected chi connectivity index (χ0v) is 8.21. The van der Waals surface area contributed by atoms with Gasteiger partial charge in [-0.2, -0.15) is 0 Å². The summed E-state index contributed by atoms with van der Waals surface area (Å²) in [6.45, 7) is 5.09. The first-order chi connectivity index (χ1) is 6.09. The number of carbonyl (C=O) groups is 1. The second-order valence-electron chi connectivity index (χ2n) is 3.90. The number of rotatable bonds is 1. The molecule has 0 aromatic carbocycles. The Labute approximate surface area is 78.7 Å². The van der Waals surface area contributed by atoms with Gasteiger partial charge in [-0.15, -0.1) is 0 Å². The Morgan fingerprint density at radius 3 is 2.77 bits per heavy atom. The van der Waals surface area contributed by atoms with Crippen LogP contribution in [0.25, 0.3) is 0 Å². The molecule has 1 amide bonds. The van der Waals surface area contributed by atoms with Crippen LogP contribution >= 0.6 is 0 Å². The van der Waals surface area contributed by atoms with E-state index in [1.165, 1.54) is 0 Å². The molecule has 1 saturated heterocycles. The molecular weight excluding hydrogens is 168 g/mol. The van der Waals surface area contributed by atoms with E-state index in [-0.39, 0.29) is 6.04 Å². The van der Waals surface area contributed by atoms with Gasteiger partial charge in [-0.25, -0.2) is 4.79 Å². The highest BCUT2D eigenvalue weighted by Crippen LogP contribution is 2.15. The molecule has 0 saturated carbocycles. The van der Waals surface area contributed by atoms with Gasteiger partial charge in [-0.1, -0.05) is 6.92 Å². The Morgan fingerprint density at radius 2 is 2.15 bits per heavy atom. The van der Waals surface area contributed by atoms with Crippen molar-refractivity contribution in [1.29, 1.82) is 0 Å². The summed E-state index contributed by atoms with van der Waals surface area (Å²) < 4.78 is 0. The average Bonchev–Trinajstić information content (AvgIpc) is 2.19. The van der Waals surface area contributed by atoms with Crippen LogP contribution in [0.3, 0.4) is 0 Å². The minimum Gasteiger partial charge on any atom is -0.465 e. The summed E-state index contributed by atoms with van der Waals surface area (Å²) >= 11 is 0. The zero-order valence-electron chi connectivity index (χ0n) is 8.21. The van der Waals surface area contributed by atoms with Gasteiger partial charge in [0.15, 0.2) is 0 Å². The smallest absolute Gasteiger partial charge is 0.404 e. The topological polar surface area (TPSA) is 61.4 Å². The molecule has 1 unspecified atom stereocenters. The number of nitrogens with one attached hydrogen (secondary N) is 2. The Balaban J connectivity index is 2.39. The maximum atomic E-state index is 10.4. The van der Waals surface area contributed by atoms with Crippen molar-refractivity contribution in [2.45, 2.75) is 38.8 Å². The van der Waals surface area contributed by atoms with E-state index in [1.54, 1.807) is 0 Å². The Hall–Kier alpha value is -0.770. The van der Waals surface area contributed by atoms with Crippen molar-refractivity contribution >= 4 is 6.09 Å². The van der Waals surface area contributed by atoms with Crippen molar-refractivity contribution < 1.29 is 9.90 Å². The summed E-state index contributed by atoms with van der Waals surface area (Å²) in [5, 5.41) is 14.4. The van der Waals surface area contributed by atoms with Crippen LogP contribution in [0.1, 0.15) is 26.7 Å². The van der Waals surface area contributed by atoms with Gasteiger partial charge in [-0.3, -0.25) is 0 Å². The van der Waals surface area contributed by atoms with Gasteiger partial charge >= 0.3 is 6.09 Å². The van der Waals surface area contributed by atoms with Crippen LogP contribution < -0.4 is 10.6 Å². The molecule has 4 heteroatoms. The van der Waals surface area contributed by atoms with Gasteiger partial charge in [0.05, 0.1) is 0 Å². The minimum atomic E-state index is -0.922. The van der Waals surface area contributed by atoms with Crippen LogP contribution in [0, 0.1) is 5.92 Å². The molecule has 0 radical (unpaired) electrons. The minimum absolute atomic E-state index is 0.0740. The van der Waals surface area contributed by atoms with Gasteiger partial charge < -0.3 is 15.7 Å². The predicted octanol–water partition coefficient (Wildman–Crippen LogP) is 1.03. The first-order valence-corrected chi connectivity index (χ1v) is 4.82. The molecular formula is C9H18N2O2. The van der Waals surface area contributed by atoms with Crippen LogP contribution in [0.15, 0.2) is 0 Å². The summed E-state index contributed by atoms with van der Waals surface area (Å²) in [7, 11) is 0. The molecule has 3 N–H and O–H groups in total. The molecule has 1 rings (SSSR count). The van der Waals surface area contributed by atoms with Crippen molar-refractivity contribution in [1.82, 2.24) is 10.6 Å². The van der Waals surface area contributed by atoms with Gasteiger partial charge in [-0.05, 0) is 25.7 Å². The lowest BCUT2D eigenvalue weighted by Crippen LogP contribution is -2.42. The predicted molar refractivity (Wildman–Crippen MR) is 50.8 cm³/mol. The highest BCUT2D eigenvalue weighted by molar-refractivity contribution is 5.64. The molecule has 0 aliphatic carbocycles. The van der Waals surface area contributed by atoms with Gasteiger partial charge in [0.25, 0.3) is 0 Å². The summed E-state index contributed by atoms with van der Waals surface area (Å²) in [6.07, 6.45) is 1.10. The number of carboxylic acid groups (broad SMARTS) is 1. The van der Waals surface area contributed by atoms with Crippen molar-refractivity contribution in [3.8, 4) is 0 Å². The first kappa shape index (κ1) is 10.3. The standard InChI is InChI=1S/C9H18N2O2/c1-6-3-4-8(11-9(12)13)5-10-7(6)2/h6-8,10-11H,3-5H2,1-2H3,(H,12,13)/t6?,7-,8-/m0/s1. The third-order valence-corrected chi connectivity index (χ3v) is 2.84. The molecule has 13 heavy (non-hydrogen) atoms. The Bertz CT molecular complexity index is 172. The van der Waals surface area contributed by atoms with Crippen LogP contribution in [0.4, 0.5) is 4.79 Å². The van der Waals surface area contributed by atoms with E-state index in [1.807, 2.05) is 0 Å². The fourth-order valence-corrected chi connectivity index (χ4v) is 1.64. The molecule has 0 aromatic rings. The highest BCUT2D eigenvalue weighted by atomic mass is 16.4. The fraction of sp³-hybridized carbons (Fsp3) is 0.889. The van der Waals surface area contributed by atoms with E-state index in [0.29, 0.717) is 12.0 Å². The molecule has 1 aliphatic heterocycles. The zero-order chi connectivity index (χ0) is 9.84. The van der Waals surface area contributed by atoms with E-state index >= 15 is 0 Å². The molecule has 0 bridgehead atoms. The summed E-state index contributed by atoms with van der Waals surface area (Å²) in [5.74, 6) is 0.626. The van der Waals surface area contributed by atoms with Crippen molar-refractivity contribution in [3.63, 3.8) is 0 Å². The number of hydrogen-bond donors (Lipinski definition) is 3. The molecule has 4 nitrogen and oxygen atoms in total. The summed E-state index contributed by atoms with van der Waals surface area (Å²) in [4.78, 5) is 10.4. The Kier molecular flexibility index (Phi) is 3.54. The van der Waals surface area contributed by atoms with E-state index in [2.05, 4.69) is 24.5 Å². The van der Waals surface area contributed by atoms with Crippen LogP contribution in [0.2, 0.25) is 0 Å². The van der Waals surface area contributed by atoms with E-state index in [0.717, 1.165) is 19.4 Å². The molecule has 1 heterocycles. The third-order valence-electron chi connectivity index (χ3n) is 2.84. The van der Waals surface area contributed by atoms with Gasteiger partial charge in [0.2, 0.25) is 0 Å². The molecule has 3 atom stereocenters. The quantitative estimate of drug-likeness (QED) is 0.573. The monoisotopic (exact) mass is 186 g/mol.